The van der Waals surface area contributed by atoms with Crippen molar-refractivity contribution in [3.63, 3.8) is 0 Å². The number of benzene rings is 2. The molecule has 0 heterocycles. The third kappa shape index (κ3) is 11.0. The van der Waals surface area contributed by atoms with Gasteiger partial charge in [0, 0.05) is 12.1 Å². The van der Waals surface area contributed by atoms with Crippen LogP contribution in [0.5, 0.6) is 5.75 Å². The van der Waals surface area contributed by atoms with Crippen molar-refractivity contribution in [2.75, 3.05) is 6.61 Å². The molecule has 0 bridgehead atoms. The molecule has 38 heavy (non-hydrogen) atoms. The van der Waals surface area contributed by atoms with Gasteiger partial charge in [0.05, 0.1) is 11.5 Å². The molecule has 208 valence electrons. The van der Waals surface area contributed by atoms with Gasteiger partial charge in [0.25, 0.3) is 5.69 Å². The Morgan fingerprint density at radius 1 is 1.03 bits per heavy atom. The number of carbonyl (C=O) groups excluding carboxylic acids is 1. The first-order valence-electron chi connectivity index (χ1n) is 12.6. The fourth-order valence-corrected chi connectivity index (χ4v) is 5.14. The van der Waals surface area contributed by atoms with Crippen LogP contribution in [0.3, 0.4) is 0 Å². The minimum atomic E-state index is -4.50. The number of carbonyl (C=O) groups is 2. The Morgan fingerprint density at radius 2 is 1.66 bits per heavy atom. The van der Waals surface area contributed by atoms with Crippen molar-refractivity contribution < 1.29 is 38.0 Å². The van der Waals surface area contributed by atoms with Gasteiger partial charge in [0.15, 0.2) is 6.10 Å². The van der Waals surface area contributed by atoms with Crippen LogP contribution < -0.4 is 9.61 Å². The molecule has 0 spiro atoms. The van der Waals surface area contributed by atoms with Crippen molar-refractivity contribution in [2.45, 2.75) is 70.9 Å². The van der Waals surface area contributed by atoms with Crippen molar-refractivity contribution in [2.24, 2.45) is 0 Å². The number of carboxylic acid groups (broad SMARTS) is 1. The Kier molecular flexibility index (Phi) is 12.9. The maximum Gasteiger partial charge on any atom is 0.460 e. The average Bonchev–Trinajstić information content (AvgIpc) is 2.88. The number of carboxylic acids is 1. The van der Waals surface area contributed by atoms with E-state index in [1.54, 1.807) is 30.3 Å². The summed E-state index contributed by atoms with van der Waals surface area (Å²) in [5.74, 6) is -2.17. The predicted molar refractivity (Wildman–Crippen MR) is 141 cm³/mol. The van der Waals surface area contributed by atoms with Gasteiger partial charge < -0.3 is 14.4 Å². The van der Waals surface area contributed by atoms with Crippen LogP contribution in [0.15, 0.2) is 54.6 Å². The fourth-order valence-electron chi connectivity index (χ4n) is 3.50. The maximum absolute atomic E-state index is 13.7. The SMILES string of the molecule is CCCCCCCCOC(=O)C(C)OP(=O)(NC(Cc1ccccc1)C(=O)O)Oc1ccc([N+](=O)[O-])cc1. The van der Waals surface area contributed by atoms with E-state index in [9.17, 15) is 29.4 Å². The number of rotatable bonds is 18. The van der Waals surface area contributed by atoms with E-state index in [2.05, 4.69) is 12.0 Å². The molecule has 12 heteroatoms. The number of ether oxygens (including phenoxy) is 1. The first-order chi connectivity index (χ1) is 18.1. The predicted octanol–water partition coefficient (Wildman–Crippen LogP) is 5.68. The van der Waals surface area contributed by atoms with E-state index < -0.39 is 36.8 Å². The molecule has 2 aromatic rings. The lowest BCUT2D eigenvalue weighted by Gasteiger charge is -2.25. The van der Waals surface area contributed by atoms with Crippen LogP contribution in [0, 0.1) is 10.1 Å². The number of aliphatic carboxylic acids is 1. The quantitative estimate of drug-likeness (QED) is 0.0779. The van der Waals surface area contributed by atoms with E-state index in [0.29, 0.717) is 12.0 Å². The van der Waals surface area contributed by atoms with E-state index >= 15 is 0 Å². The molecule has 0 amide bonds. The van der Waals surface area contributed by atoms with Gasteiger partial charge in [-0.05, 0) is 37.5 Å². The number of non-ortho nitro benzene ring substituents is 1. The summed E-state index contributed by atoms with van der Waals surface area (Å²) in [6.45, 7) is 3.62. The number of nitrogens with zero attached hydrogens (tertiary/aromatic N) is 1. The van der Waals surface area contributed by atoms with E-state index in [-0.39, 0.29) is 24.5 Å². The molecule has 0 fully saturated rings. The highest BCUT2D eigenvalue weighted by Gasteiger charge is 2.37. The molecule has 0 aliphatic rings. The number of esters is 1. The number of nitro benzene ring substituents is 1. The van der Waals surface area contributed by atoms with Crippen LogP contribution in [0.1, 0.15) is 57.9 Å². The summed E-state index contributed by atoms with van der Waals surface area (Å²) in [6.07, 6.45) is 4.63. The van der Waals surface area contributed by atoms with Crippen molar-refractivity contribution >= 4 is 25.4 Å². The zero-order chi connectivity index (χ0) is 28.0. The van der Waals surface area contributed by atoms with E-state index in [1.165, 1.54) is 19.1 Å². The second kappa shape index (κ2) is 15.9. The highest BCUT2D eigenvalue weighted by molar-refractivity contribution is 7.52. The zero-order valence-electron chi connectivity index (χ0n) is 21.6. The van der Waals surface area contributed by atoms with Gasteiger partial charge in [-0.25, -0.2) is 9.36 Å². The van der Waals surface area contributed by atoms with Crippen LogP contribution in [0.25, 0.3) is 0 Å². The Labute approximate surface area is 222 Å². The summed E-state index contributed by atoms with van der Waals surface area (Å²) in [5, 5.41) is 23.1. The van der Waals surface area contributed by atoms with Crippen LogP contribution in [-0.4, -0.2) is 40.7 Å². The molecule has 11 nitrogen and oxygen atoms in total. The summed E-state index contributed by atoms with van der Waals surface area (Å²) in [7, 11) is -4.50. The lowest BCUT2D eigenvalue weighted by atomic mass is 10.1. The van der Waals surface area contributed by atoms with Crippen LogP contribution >= 0.6 is 7.75 Å². The van der Waals surface area contributed by atoms with Crippen molar-refractivity contribution in [1.29, 1.82) is 0 Å². The van der Waals surface area contributed by atoms with Crippen LogP contribution in [-0.2, 0) is 29.8 Å². The van der Waals surface area contributed by atoms with E-state index in [4.69, 9.17) is 13.8 Å². The minimum absolute atomic E-state index is 0.0516. The van der Waals surface area contributed by atoms with Gasteiger partial charge in [0.1, 0.15) is 11.8 Å². The number of unbranched alkanes of at least 4 members (excludes halogenated alkanes) is 5. The monoisotopic (exact) mass is 550 g/mol. The van der Waals surface area contributed by atoms with Gasteiger partial charge in [-0.1, -0.05) is 69.4 Å². The second-order valence-corrected chi connectivity index (χ2v) is 10.4. The molecule has 2 aromatic carbocycles. The molecule has 3 atom stereocenters. The molecular formula is C26H35N2O9P. The lowest BCUT2D eigenvalue weighted by Crippen LogP contribution is -2.39. The largest absolute Gasteiger partial charge is 0.480 e. The second-order valence-electron chi connectivity index (χ2n) is 8.73. The highest BCUT2D eigenvalue weighted by atomic mass is 31.2. The standard InChI is InChI=1S/C26H35N2O9P/c1-3-4-5-6-7-11-18-35-26(31)20(2)36-38(34,37-23-16-14-22(15-17-23)28(32)33)27-24(25(29)30)19-21-12-9-8-10-13-21/h8-10,12-17,20,24H,3-7,11,18-19H2,1-2H3,(H,27,34)(H,29,30). The van der Waals surface area contributed by atoms with E-state index in [0.717, 1.165) is 44.2 Å². The summed E-state index contributed by atoms with van der Waals surface area (Å²) >= 11 is 0. The summed E-state index contributed by atoms with van der Waals surface area (Å²) in [5.41, 5.74) is 0.431. The normalized spacial score (nSPS) is 14.2. The zero-order valence-corrected chi connectivity index (χ0v) is 22.5. The Morgan fingerprint density at radius 3 is 2.26 bits per heavy atom. The molecule has 0 saturated carbocycles. The van der Waals surface area contributed by atoms with Gasteiger partial charge >= 0.3 is 19.7 Å². The number of hydrogen-bond donors (Lipinski definition) is 2. The first-order valence-corrected chi connectivity index (χ1v) is 14.1. The van der Waals surface area contributed by atoms with Crippen LogP contribution in [0.2, 0.25) is 0 Å². The third-order valence-electron chi connectivity index (χ3n) is 5.54. The molecule has 0 aliphatic carbocycles. The molecule has 2 rings (SSSR count). The lowest BCUT2D eigenvalue weighted by molar-refractivity contribution is -0.384. The van der Waals surface area contributed by atoms with Gasteiger partial charge in [-0.3, -0.25) is 19.4 Å². The average molecular weight is 551 g/mol. The van der Waals surface area contributed by atoms with Crippen LogP contribution in [0.4, 0.5) is 5.69 Å². The molecule has 0 saturated heterocycles. The molecule has 0 aliphatic heterocycles. The topological polar surface area (TPSA) is 154 Å². The molecule has 0 aromatic heterocycles. The molecule has 2 N–H and O–H groups in total. The fraction of sp³-hybridized carbons (Fsp3) is 0.462. The van der Waals surface area contributed by atoms with Crippen molar-refractivity contribution in [1.82, 2.24) is 5.09 Å². The summed E-state index contributed by atoms with van der Waals surface area (Å²) in [4.78, 5) is 34.8. The Hall–Kier alpha value is -3.27. The maximum atomic E-state index is 13.7. The third-order valence-corrected chi connectivity index (χ3v) is 7.21. The highest BCUT2D eigenvalue weighted by Crippen LogP contribution is 2.46. The summed E-state index contributed by atoms with van der Waals surface area (Å²) in [6, 6.07) is 11.9. The van der Waals surface area contributed by atoms with Crippen molar-refractivity contribution in [3.8, 4) is 5.75 Å². The van der Waals surface area contributed by atoms with Gasteiger partial charge in [-0.2, -0.15) is 5.09 Å². The number of nitro groups is 1. The summed E-state index contributed by atoms with van der Waals surface area (Å²) < 4.78 is 29.9. The van der Waals surface area contributed by atoms with E-state index in [1.807, 2.05) is 0 Å². The Balaban J connectivity index is 2.12. The molecular weight excluding hydrogens is 515 g/mol. The Bertz CT molecular complexity index is 1080. The number of nitrogens with one attached hydrogen (secondary N) is 1. The van der Waals surface area contributed by atoms with Gasteiger partial charge in [0.2, 0.25) is 0 Å². The minimum Gasteiger partial charge on any atom is -0.480 e. The first kappa shape index (κ1) is 31.0. The molecule has 0 radical (unpaired) electrons. The molecule has 3 unspecified atom stereocenters. The smallest absolute Gasteiger partial charge is 0.460 e. The number of hydrogen-bond acceptors (Lipinski definition) is 8. The van der Waals surface area contributed by atoms with Crippen molar-refractivity contribution in [3.05, 3.63) is 70.3 Å². The van der Waals surface area contributed by atoms with Gasteiger partial charge in [-0.15, -0.1) is 0 Å².